The van der Waals surface area contributed by atoms with E-state index in [4.69, 9.17) is 5.11 Å². The van der Waals surface area contributed by atoms with E-state index in [-0.39, 0.29) is 24.1 Å². The number of nitrogens with one attached hydrogen (secondary N) is 1. The first kappa shape index (κ1) is 10.9. The first-order chi connectivity index (χ1) is 7.72. The summed E-state index contributed by atoms with van der Waals surface area (Å²) in [5.41, 5.74) is 0.233. The number of H-pyrrole nitrogens is 1. The third-order valence-corrected chi connectivity index (χ3v) is 2.62. The molecule has 0 aromatic carbocycles. The SMILES string of the molecule is O=C(c1ccc(=O)[nH]c1)N(CCO)C1CC1. The van der Waals surface area contributed by atoms with E-state index in [1.54, 1.807) is 4.90 Å². The molecule has 1 heterocycles. The Labute approximate surface area is 92.7 Å². The lowest BCUT2D eigenvalue weighted by atomic mass is 10.2. The quantitative estimate of drug-likeness (QED) is 0.751. The van der Waals surface area contributed by atoms with Gasteiger partial charge in [-0.1, -0.05) is 0 Å². The monoisotopic (exact) mass is 222 g/mol. The second-order valence-electron chi connectivity index (χ2n) is 3.89. The number of rotatable bonds is 4. The Hall–Kier alpha value is -1.62. The van der Waals surface area contributed by atoms with Crippen molar-refractivity contribution in [2.75, 3.05) is 13.2 Å². The summed E-state index contributed by atoms with van der Waals surface area (Å²) < 4.78 is 0. The van der Waals surface area contributed by atoms with Crippen molar-refractivity contribution in [3.05, 3.63) is 34.2 Å². The van der Waals surface area contributed by atoms with Crippen molar-refractivity contribution in [2.24, 2.45) is 0 Å². The van der Waals surface area contributed by atoms with Gasteiger partial charge >= 0.3 is 0 Å². The highest BCUT2D eigenvalue weighted by Crippen LogP contribution is 2.27. The smallest absolute Gasteiger partial charge is 0.255 e. The third-order valence-electron chi connectivity index (χ3n) is 2.62. The van der Waals surface area contributed by atoms with Crippen LogP contribution in [0.1, 0.15) is 23.2 Å². The molecule has 1 aliphatic rings. The van der Waals surface area contributed by atoms with E-state index in [1.165, 1.54) is 18.3 Å². The number of pyridine rings is 1. The van der Waals surface area contributed by atoms with Crippen molar-refractivity contribution in [3.8, 4) is 0 Å². The topological polar surface area (TPSA) is 73.4 Å². The lowest BCUT2D eigenvalue weighted by Crippen LogP contribution is -2.35. The first-order valence-corrected chi connectivity index (χ1v) is 5.33. The van der Waals surface area contributed by atoms with E-state index >= 15 is 0 Å². The van der Waals surface area contributed by atoms with Crippen molar-refractivity contribution < 1.29 is 9.90 Å². The fourth-order valence-corrected chi connectivity index (χ4v) is 1.65. The maximum absolute atomic E-state index is 12.0. The van der Waals surface area contributed by atoms with Gasteiger partial charge in [-0.25, -0.2) is 0 Å². The minimum Gasteiger partial charge on any atom is -0.395 e. The van der Waals surface area contributed by atoms with Crippen molar-refractivity contribution in [1.82, 2.24) is 9.88 Å². The van der Waals surface area contributed by atoms with Crippen LogP contribution in [0.15, 0.2) is 23.1 Å². The lowest BCUT2D eigenvalue weighted by Gasteiger charge is -2.21. The van der Waals surface area contributed by atoms with Gasteiger partial charge in [-0.2, -0.15) is 0 Å². The van der Waals surface area contributed by atoms with Gasteiger partial charge in [0, 0.05) is 24.8 Å². The molecule has 0 radical (unpaired) electrons. The number of aliphatic hydroxyl groups is 1. The molecule has 86 valence electrons. The molecule has 0 unspecified atom stereocenters. The Morgan fingerprint density at radius 2 is 2.25 bits per heavy atom. The fraction of sp³-hybridized carbons (Fsp3) is 0.455. The zero-order valence-electron chi connectivity index (χ0n) is 8.85. The normalized spacial score (nSPS) is 14.8. The fourth-order valence-electron chi connectivity index (χ4n) is 1.65. The molecule has 5 nitrogen and oxygen atoms in total. The highest BCUT2D eigenvalue weighted by molar-refractivity contribution is 5.94. The van der Waals surface area contributed by atoms with Gasteiger partial charge in [-0.15, -0.1) is 0 Å². The number of aromatic nitrogens is 1. The summed E-state index contributed by atoms with van der Waals surface area (Å²) in [6, 6.07) is 3.09. The number of hydrogen-bond donors (Lipinski definition) is 2. The molecule has 0 saturated heterocycles. The maximum Gasteiger partial charge on any atom is 0.255 e. The molecule has 1 aliphatic carbocycles. The molecule has 1 saturated carbocycles. The Morgan fingerprint density at radius 1 is 1.50 bits per heavy atom. The van der Waals surface area contributed by atoms with E-state index < -0.39 is 0 Å². The highest BCUT2D eigenvalue weighted by Gasteiger charge is 2.32. The maximum atomic E-state index is 12.0. The highest BCUT2D eigenvalue weighted by atomic mass is 16.3. The number of hydrogen-bond acceptors (Lipinski definition) is 3. The van der Waals surface area contributed by atoms with Crippen LogP contribution >= 0.6 is 0 Å². The Morgan fingerprint density at radius 3 is 2.75 bits per heavy atom. The molecule has 1 aromatic heterocycles. The van der Waals surface area contributed by atoms with Gasteiger partial charge in [0.25, 0.3) is 5.91 Å². The minimum atomic E-state index is -0.225. The summed E-state index contributed by atoms with van der Waals surface area (Å²) in [4.78, 5) is 27.0. The number of carbonyl (C=O) groups excluding carboxylic acids is 1. The Kier molecular flexibility index (Phi) is 3.05. The van der Waals surface area contributed by atoms with Crippen molar-refractivity contribution in [2.45, 2.75) is 18.9 Å². The summed E-state index contributed by atoms with van der Waals surface area (Å²) >= 11 is 0. The standard InChI is InChI=1S/C11H14N2O3/c14-6-5-13(9-2-3-9)11(16)8-1-4-10(15)12-7-8/h1,4,7,9,14H,2-3,5-6H2,(H,12,15). The van der Waals surface area contributed by atoms with Crippen LogP contribution in [-0.4, -0.2) is 40.1 Å². The van der Waals surface area contributed by atoms with Crippen LogP contribution in [0.25, 0.3) is 0 Å². The average molecular weight is 222 g/mol. The summed E-state index contributed by atoms with van der Waals surface area (Å²) in [5, 5.41) is 8.90. The average Bonchev–Trinajstić information content (AvgIpc) is 3.10. The molecule has 1 fully saturated rings. The van der Waals surface area contributed by atoms with Crippen LogP contribution < -0.4 is 5.56 Å². The van der Waals surface area contributed by atoms with Crippen molar-refractivity contribution in [3.63, 3.8) is 0 Å². The van der Waals surface area contributed by atoms with E-state index in [1.807, 2.05) is 0 Å². The summed E-state index contributed by atoms with van der Waals surface area (Å²) in [6.45, 7) is 0.314. The molecule has 1 aromatic rings. The van der Waals surface area contributed by atoms with Crippen LogP contribution in [0.2, 0.25) is 0 Å². The Balaban J connectivity index is 2.15. The predicted molar refractivity (Wildman–Crippen MR) is 58.2 cm³/mol. The Bertz CT molecular complexity index is 417. The van der Waals surface area contributed by atoms with Crippen LogP contribution in [-0.2, 0) is 0 Å². The molecule has 0 atom stereocenters. The van der Waals surface area contributed by atoms with E-state index in [2.05, 4.69) is 4.98 Å². The molecule has 2 rings (SSSR count). The van der Waals surface area contributed by atoms with Gasteiger partial charge in [0.05, 0.1) is 12.2 Å². The third kappa shape index (κ3) is 2.30. The number of carbonyl (C=O) groups is 1. The van der Waals surface area contributed by atoms with Crippen LogP contribution in [0, 0.1) is 0 Å². The second-order valence-corrected chi connectivity index (χ2v) is 3.89. The van der Waals surface area contributed by atoms with Crippen molar-refractivity contribution in [1.29, 1.82) is 0 Å². The zero-order valence-corrected chi connectivity index (χ0v) is 8.85. The summed E-state index contributed by atoms with van der Waals surface area (Å²) in [5.74, 6) is -0.132. The van der Waals surface area contributed by atoms with Crippen LogP contribution in [0.4, 0.5) is 0 Å². The molecular formula is C11H14N2O3. The summed E-state index contributed by atoms with van der Waals surface area (Å²) in [7, 11) is 0. The van der Waals surface area contributed by atoms with Gasteiger partial charge in [0.2, 0.25) is 5.56 Å². The van der Waals surface area contributed by atoms with Gasteiger partial charge < -0.3 is 15.0 Å². The van der Waals surface area contributed by atoms with E-state index in [0.29, 0.717) is 12.1 Å². The largest absolute Gasteiger partial charge is 0.395 e. The number of aromatic amines is 1. The zero-order chi connectivity index (χ0) is 11.5. The van der Waals surface area contributed by atoms with Gasteiger partial charge in [-0.3, -0.25) is 9.59 Å². The van der Waals surface area contributed by atoms with Crippen LogP contribution in [0.5, 0.6) is 0 Å². The number of nitrogens with zero attached hydrogens (tertiary/aromatic N) is 1. The molecule has 5 heteroatoms. The van der Waals surface area contributed by atoms with Gasteiger partial charge in [0.15, 0.2) is 0 Å². The number of aliphatic hydroxyl groups excluding tert-OH is 1. The second kappa shape index (κ2) is 4.49. The molecule has 0 bridgehead atoms. The molecule has 1 amide bonds. The van der Waals surface area contributed by atoms with Gasteiger partial charge in [-0.05, 0) is 18.9 Å². The summed E-state index contributed by atoms with van der Waals surface area (Å²) in [6.07, 6.45) is 3.40. The van der Waals surface area contributed by atoms with Crippen molar-refractivity contribution >= 4 is 5.91 Å². The minimum absolute atomic E-state index is 0.0361. The molecule has 2 N–H and O–H groups in total. The molecular weight excluding hydrogens is 208 g/mol. The predicted octanol–water partition coefficient (Wildman–Crippen LogP) is -0.0282. The van der Waals surface area contributed by atoms with E-state index in [9.17, 15) is 9.59 Å². The molecule has 0 aliphatic heterocycles. The van der Waals surface area contributed by atoms with E-state index in [0.717, 1.165) is 12.8 Å². The lowest BCUT2D eigenvalue weighted by molar-refractivity contribution is 0.0707. The number of amides is 1. The molecule has 16 heavy (non-hydrogen) atoms. The van der Waals surface area contributed by atoms with Crippen LogP contribution in [0.3, 0.4) is 0 Å². The first-order valence-electron chi connectivity index (χ1n) is 5.33. The van der Waals surface area contributed by atoms with Gasteiger partial charge in [0.1, 0.15) is 0 Å². The molecule has 0 spiro atoms.